The topological polar surface area (TPSA) is 89.7 Å². The Balaban J connectivity index is 1.25. The Morgan fingerprint density at radius 3 is 2.93 bits per heavy atom. The molecule has 0 saturated carbocycles. The Morgan fingerprint density at radius 1 is 1.26 bits per heavy atom. The second kappa shape index (κ2) is 8.18. The van der Waals surface area contributed by atoms with Crippen molar-refractivity contribution in [2.24, 2.45) is 0 Å². The molecule has 9 heteroatoms. The number of aromatic nitrogens is 2. The molecule has 2 aliphatic rings. The van der Waals surface area contributed by atoms with E-state index in [0.29, 0.717) is 23.4 Å². The lowest BCUT2D eigenvalue weighted by atomic mass is 10.1. The monoisotopic (exact) mass is 390 g/mol. The Hall–Kier alpha value is -2.26. The quantitative estimate of drug-likeness (QED) is 0.721. The molecule has 2 aromatic rings. The summed E-state index contributed by atoms with van der Waals surface area (Å²) in [5.41, 5.74) is 0.961. The number of nitrogens with zero attached hydrogens (tertiary/aromatic N) is 3. The summed E-state index contributed by atoms with van der Waals surface area (Å²) >= 11 is 1.25. The third kappa shape index (κ3) is 4.54. The van der Waals surface area contributed by atoms with Gasteiger partial charge in [0.2, 0.25) is 18.6 Å². The molecule has 1 aromatic carbocycles. The number of amides is 1. The number of likely N-dealkylation sites (tertiary alicyclic amines) is 1. The fourth-order valence-corrected chi connectivity index (χ4v) is 3.76. The zero-order valence-corrected chi connectivity index (χ0v) is 16.0. The molecule has 1 saturated heterocycles. The van der Waals surface area contributed by atoms with Crippen LogP contribution >= 0.6 is 11.8 Å². The van der Waals surface area contributed by atoms with Crippen molar-refractivity contribution in [2.75, 3.05) is 25.6 Å². The summed E-state index contributed by atoms with van der Waals surface area (Å²) in [4.78, 5) is 14.5. The van der Waals surface area contributed by atoms with E-state index >= 15 is 0 Å². The Labute approximate surface area is 161 Å². The smallest absolute Gasteiger partial charge is 0.277 e. The largest absolute Gasteiger partial charge is 0.454 e. The molecule has 1 aromatic heterocycles. The summed E-state index contributed by atoms with van der Waals surface area (Å²) in [7, 11) is 0. The first-order valence-electron chi connectivity index (χ1n) is 9.04. The third-order valence-corrected chi connectivity index (χ3v) is 5.43. The molecule has 0 bridgehead atoms. The zero-order valence-electron chi connectivity index (χ0n) is 15.1. The zero-order chi connectivity index (χ0) is 18.6. The molecule has 0 radical (unpaired) electrons. The van der Waals surface area contributed by atoms with Crippen molar-refractivity contribution in [3.63, 3.8) is 0 Å². The van der Waals surface area contributed by atoms with Crippen LogP contribution in [-0.4, -0.2) is 46.6 Å². The summed E-state index contributed by atoms with van der Waals surface area (Å²) in [6, 6.07) is 5.54. The normalized spacial score (nSPS) is 17.2. The van der Waals surface area contributed by atoms with Crippen LogP contribution in [0.4, 0.5) is 0 Å². The average Bonchev–Trinajstić information content (AvgIpc) is 3.41. The fraction of sp³-hybridized carbons (Fsp3) is 0.500. The minimum Gasteiger partial charge on any atom is -0.454 e. The van der Waals surface area contributed by atoms with E-state index in [1.165, 1.54) is 24.6 Å². The van der Waals surface area contributed by atoms with Gasteiger partial charge in [0.1, 0.15) is 0 Å². The third-order valence-electron chi connectivity index (χ3n) is 4.61. The lowest BCUT2D eigenvalue weighted by Gasteiger charge is -2.14. The molecule has 4 rings (SSSR count). The Morgan fingerprint density at radius 2 is 2.07 bits per heavy atom. The predicted molar refractivity (Wildman–Crippen MR) is 98.7 cm³/mol. The minimum atomic E-state index is -0.138. The number of thioether (sulfide) groups is 1. The molecule has 3 heterocycles. The number of hydrogen-bond acceptors (Lipinski definition) is 8. The van der Waals surface area contributed by atoms with Crippen molar-refractivity contribution < 1.29 is 18.7 Å². The van der Waals surface area contributed by atoms with E-state index < -0.39 is 0 Å². The maximum Gasteiger partial charge on any atom is 0.277 e. The van der Waals surface area contributed by atoms with Gasteiger partial charge in [-0.1, -0.05) is 17.8 Å². The highest BCUT2D eigenvalue weighted by Crippen LogP contribution is 2.34. The molecular formula is C18H22N4O4S. The van der Waals surface area contributed by atoms with Crippen LogP contribution in [0.1, 0.15) is 37.3 Å². The summed E-state index contributed by atoms with van der Waals surface area (Å²) in [6.45, 7) is 5.00. The van der Waals surface area contributed by atoms with Crippen LogP contribution in [0, 0.1) is 0 Å². The number of hydrogen-bond donors (Lipinski definition) is 1. The number of benzene rings is 1. The minimum absolute atomic E-state index is 0.0931. The van der Waals surface area contributed by atoms with Gasteiger partial charge < -0.3 is 19.2 Å². The standard InChI is InChI=1S/C18H22N4O4S/c1-12(13-4-5-14-15(8-13)25-11-24-14)19-16(23)10-27-18-21-20-17(26-18)9-22-6-2-3-7-22/h4-5,8,12H,2-3,6-7,9-11H2,1H3,(H,19,23)/t12-/m1/s1. The van der Waals surface area contributed by atoms with Crippen LogP contribution in [0.25, 0.3) is 0 Å². The van der Waals surface area contributed by atoms with Gasteiger partial charge in [-0.25, -0.2) is 0 Å². The molecule has 1 fully saturated rings. The second-order valence-corrected chi connectivity index (χ2v) is 7.56. The van der Waals surface area contributed by atoms with Crippen LogP contribution in [0.15, 0.2) is 27.8 Å². The molecule has 1 atom stereocenters. The van der Waals surface area contributed by atoms with E-state index in [-0.39, 0.29) is 24.5 Å². The van der Waals surface area contributed by atoms with Crippen molar-refractivity contribution in [1.82, 2.24) is 20.4 Å². The van der Waals surface area contributed by atoms with Gasteiger partial charge in [-0.15, -0.1) is 10.2 Å². The van der Waals surface area contributed by atoms with Crippen molar-refractivity contribution in [3.05, 3.63) is 29.7 Å². The van der Waals surface area contributed by atoms with Crippen molar-refractivity contribution in [1.29, 1.82) is 0 Å². The van der Waals surface area contributed by atoms with Gasteiger partial charge >= 0.3 is 0 Å². The van der Waals surface area contributed by atoms with Gasteiger partial charge in [0.15, 0.2) is 11.5 Å². The maximum atomic E-state index is 12.2. The number of carbonyl (C=O) groups is 1. The van der Waals surface area contributed by atoms with E-state index in [9.17, 15) is 4.79 Å². The van der Waals surface area contributed by atoms with Crippen LogP contribution in [-0.2, 0) is 11.3 Å². The lowest BCUT2D eigenvalue weighted by Crippen LogP contribution is -2.28. The lowest BCUT2D eigenvalue weighted by molar-refractivity contribution is -0.119. The molecule has 1 N–H and O–H groups in total. The summed E-state index contributed by atoms with van der Waals surface area (Å²) in [5, 5.41) is 11.5. The first kappa shape index (κ1) is 18.1. The number of fused-ring (bicyclic) bond motifs is 1. The SMILES string of the molecule is C[C@@H](NC(=O)CSc1nnc(CN2CCCC2)o1)c1ccc2c(c1)OCO2. The molecule has 2 aliphatic heterocycles. The van der Waals surface area contributed by atoms with Gasteiger partial charge in [-0.05, 0) is 50.6 Å². The van der Waals surface area contributed by atoms with Crippen LogP contribution in [0.3, 0.4) is 0 Å². The maximum absolute atomic E-state index is 12.2. The molecule has 8 nitrogen and oxygen atoms in total. The van der Waals surface area contributed by atoms with E-state index in [1.54, 1.807) is 0 Å². The Kier molecular flexibility index (Phi) is 5.49. The molecular weight excluding hydrogens is 368 g/mol. The first-order valence-corrected chi connectivity index (χ1v) is 10.0. The van der Waals surface area contributed by atoms with Crippen molar-refractivity contribution in [3.8, 4) is 11.5 Å². The second-order valence-electron chi connectivity index (χ2n) is 6.64. The van der Waals surface area contributed by atoms with E-state index in [4.69, 9.17) is 13.9 Å². The first-order chi connectivity index (χ1) is 13.2. The number of carbonyl (C=O) groups excluding carboxylic acids is 1. The molecule has 0 unspecified atom stereocenters. The average molecular weight is 390 g/mol. The van der Waals surface area contributed by atoms with E-state index in [2.05, 4.69) is 20.4 Å². The van der Waals surface area contributed by atoms with Gasteiger partial charge in [-0.3, -0.25) is 9.69 Å². The number of nitrogens with one attached hydrogen (secondary N) is 1. The predicted octanol–water partition coefficient (Wildman–Crippen LogP) is 2.36. The molecule has 27 heavy (non-hydrogen) atoms. The summed E-state index contributed by atoms with van der Waals surface area (Å²) < 4.78 is 16.3. The van der Waals surface area contributed by atoms with Crippen molar-refractivity contribution >= 4 is 17.7 Å². The van der Waals surface area contributed by atoms with E-state index in [1.807, 2.05) is 25.1 Å². The molecule has 1 amide bonds. The van der Waals surface area contributed by atoms with Crippen LogP contribution in [0.5, 0.6) is 11.5 Å². The molecule has 0 aliphatic carbocycles. The highest BCUT2D eigenvalue weighted by molar-refractivity contribution is 7.99. The van der Waals surface area contributed by atoms with Crippen LogP contribution < -0.4 is 14.8 Å². The van der Waals surface area contributed by atoms with E-state index in [0.717, 1.165) is 24.4 Å². The fourth-order valence-electron chi connectivity index (χ4n) is 3.17. The van der Waals surface area contributed by atoms with Gasteiger partial charge in [0, 0.05) is 0 Å². The Bertz CT molecular complexity index is 806. The van der Waals surface area contributed by atoms with Gasteiger partial charge in [0.05, 0.1) is 18.3 Å². The highest BCUT2D eigenvalue weighted by Gasteiger charge is 2.18. The highest BCUT2D eigenvalue weighted by atomic mass is 32.2. The summed E-state index contributed by atoms with van der Waals surface area (Å²) in [6.07, 6.45) is 2.44. The van der Waals surface area contributed by atoms with Crippen molar-refractivity contribution in [2.45, 2.75) is 37.6 Å². The number of ether oxygens (including phenoxy) is 2. The summed E-state index contributed by atoms with van der Waals surface area (Å²) in [5.74, 6) is 2.17. The van der Waals surface area contributed by atoms with Gasteiger partial charge in [-0.2, -0.15) is 0 Å². The molecule has 0 spiro atoms. The molecule has 144 valence electrons. The van der Waals surface area contributed by atoms with Crippen LogP contribution in [0.2, 0.25) is 0 Å². The number of rotatable bonds is 7. The van der Waals surface area contributed by atoms with Gasteiger partial charge in [0.25, 0.3) is 5.22 Å².